The first-order chi connectivity index (χ1) is 16.2. The van der Waals surface area contributed by atoms with Gasteiger partial charge in [0.05, 0.1) is 26.5 Å². The monoisotopic (exact) mass is 540 g/mol. The fraction of sp³-hybridized carbons (Fsp3) is 0.273. The van der Waals surface area contributed by atoms with Gasteiger partial charge in [0.1, 0.15) is 14.8 Å². The van der Waals surface area contributed by atoms with Crippen molar-refractivity contribution in [3.63, 3.8) is 0 Å². The number of nitrogens with one attached hydrogen (secondary N) is 1. The van der Waals surface area contributed by atoms with Gasteiger partial charge in [-0.25, -0.2) is 0 Å². The molecule has 0 spiro atoms. The highest BCUT2D eigenvalue weighted by molar-refractivity contribution is 8.01. The van der Waals surface area contributed by atoms with Crippen molar-refractivity contribution in [3.05, 3.63) is 73.3 Å². The standard InChI is InChI=1S/C22H22Cl2N4O4S2/c1-27(2)7-4-8-32-15-6-3-5-14(9-15)11-26-21(29)19-10-18(28(30)31)22(33-19)34-20-16(23)12-25-13-17(20)24/h3,5-6,9-10,12-13H,4,7-8,11H2,1-2H3,(H,26,29). The lowest BCUT2D eigenvalue weighted by Crippen LogP contribution is -2.21. The third-order valence-electron chi connectivity index (χ3n) is 4.47. The van der Waals surface area contributed by atoms with Crippen LogP contribution in [-0.4, -0.2) is 48.0 Å². The molecule has 180 valence electrons. The summed E-state index contributed by atoms with van der Waals surface area (Å²) in [6.45, 7) is 1.78. The molecule has 0 radical (unpaired) electrons. The Morgan fingerprint density at radius 3 is 2.68 bits per heavy atom. The molecule has 1 N–H and O–H groups in total. The summed E-state index contributed by atoms with van der Waals surface area (Å²) in [7, 11) is 4.02. The van der Waals surface area contributed by atoms with Crippen LogP contribution >= 0.6 is 46.3 Å². The van der Waals surface area contributed by atoms with Crippen LogP contribution in [0.3, 0.4) is 0 Å². The van der Waals surface area contributed by atoms with Crippen LogP contribution in [0.5, 0.6) is 5.75 Å². The molecule has 8 nitrogen and oxygen atoms in total. The SMILES string of the molecule is CN(C)CCCOc1cccc(CNC(=O)c2cc([N+](=O)[O-])c(Sc3c(Cl)cncc3Cl)s2)c1. The van der Waals surface area contributed by atoms with Gasteiger partial charge < -0.3 is 15.0 Å². The first-order valence-corrected chi connectivity index (χ1v) is 12.5. The second-order valence-corrected chi connectivity index (χ2v) is 10.6. The van der Waals surface area contributed by atoms with Gasteiger partial charge in [-0.3, -0.25) is 19.9 Å². The second-order valence-electron chi connectivity index (χ2n) is 7.41. The maximum absolute atomic E-state index is 12.7. The summed E-state index contributed by atoms with van der Waals surface area (Å²) in [4.78, 5) is 30.4. The van der Waals surface area contributed by atoms with E-state index >= 15 is 0 Å². The van der Waals surface area contributed by atoms with Crippen LogP contribution in [0.15, 0.2) is 51.8 Å². The number of hydrogen-bond donors (Lipinski definition) is 1. The molecule has 0 aliphatic carbocycles. The summed E-state index contributed by atoms with van der Waals surface area (Å²) in [6, 6.07) is 8.72. The van der Waals surface area contributed by atoms with Gasteiger partial charge in [-0.1, -0.05) is 47.1 Å². The number of aromatic nitrogens is 1. The number of halogens is 2. The largest absolute Gasteiger partial charge is 0.494 e. The maximum atomic E-state index is 12.7. The Bertz CT molecular complexity index is 1150. The van der Waals surface area contributed by atoms with Crippen molar-refractivity contribution < 1.29 is 14.5 Å². The number of nitrogens with zero attached hydrogens (tertiary/aromatic N) is 3. The number of thiophene rings is 1. The number of hydrogen-bond acceptors (Lipinski definition) is 8. The van der Waals surface area contributed by atoms with E-state index < -0.39 is 10.8 Å². The number of amides is 1. The summed E-state index contributed by atoms with van der Waals surface area (Å²) < 4.78 is 6.07. The molecule has 34 heavy (non-hydrogen) atoms. The molecule has 0 saturated heterocycles. The van der Waals surface area contributed by atoms with Crippen molar-refractivity contribution in [1.82, 2.24) is 15.2 Å². The molecule has 0 aliphatic heterocycles. The zero-order chi connectivity index (χ0) is 24.7. The molecule has 0 bridgehead atoms. The highest BCUT2D eigenvalue weighted by atomic mass is 35.5. The van der Waals surface area contributed by atoms with E-state index in [1.807, 2.05) is 38.4 Å². The van der Waals surface area contributed by atoms with Crippen LogP contribution in [0.25, 0.3) is 0 Å². The van der Waals surface area contributed by atoms with Crippen molar-refractivity contribution in [1.29, 1.82) is 0 Å². The van der Waals surface area contributed by atoms with E-state index in [-0.39, 0.29) is 27.2 Å². The predicted octanol–water partition coefficient (Wildman–Crippen LogP) is 5.77. The summed E-state index contributed by atoms with van der Waals surface area (Å²) in [5.74, 6) is 0.311. The Balaban J connectivity index is 1.66. The predicted molar refractivity (Wildman–Crippen MR) is 136 cm³/mol. The highest BCUT2D eigenvalue weighted by Gasteiger charge is 2.25. The van der Waals surface area contributed by atoms with Gasteiger partial charge in [0.2, 0.25) is 0 Å². The van der Waals surface area contributed by atoms with Gasteiger partial charge in [-0.05, 0) is 38.2 Å². The summed E-state index contributed by atoms with van der Waals surface area (Å²) in [6.07, 6.45) is 3.72. The lowest BCUT2D eigenvalue weighted by atomic mass is 10.2. The summed E-state index contributed by atoms with van der Waals surface area (Å²) in [5.41, 5.74) is 0.673. The lowest BCUT2D eigenvalue weighted by molar-refractivity contribution is -0.387. The van der Waals surface area contributed by atoms with E-state index in [1.165, 1.54) is 18.5 Å². The molecular weight excluding hydrogens is 519 g/mol. The highest BCUT2D eigenvalue weighted by Crippen LogP contribution is 2.45. The number of nitro groups is 1. The first kappa shape index (κ1) is 26.2. The maximum Gasteiger partial charge on any atom is 0.294 e. The van der Waals surface area contributed by atoms with Crippen molar-refractivity contribution in [2.75, 3.05) is 27.2 Å². The third-order valence-corrected chi connectivity index (χ3v) is 7.73. The topological polar surface area (TPSA) is 97.6 Å². The Morgan fingerprint density at radius 2 is 2.00 bits per heavy atom. The molecule has 1 aromatic carbocycles. The molecule has 0 unspecified atom stereocenters. The number of benzene rings is 1. The lowest BCUT2D eigenvalue weighted by Gasteiger charge is -2.11. The Hall–Kier alpha value is -2.37. The van der Waals surface area contributed by atoms with Crippen LogP contribution in [0.4, 0.5) is 5.69 Å². The molecule has 2 heterocycles. The Labute approximate surface area is 215 Å². The van der Waals surface area contributed by atoms with E-state index in [1.54, 1.807) is 0 Å². The molecule has 0 fully saturated rings. The van der Waals surface area contributed by atoms with Crippen molar-refractivity contribution in [2.24, 2.45) is 0 Å². The summed E-state index contributed by atoms with van der Waals surface area (Å²) in [5, 5.41) is 14.9. The van der Waals surface area contributed by atoms with E-state index in [0.717, 1.165) is 47.4 Å². The van der Waals surface area contributed by atoms with Crippen molar-refractivity contribution in [2.45, 2.75) is 22.1 Å². The molecule has 1 amide bonds. The van der Waals surface area contributed by atoms with Crippen LogP contribution in [-0.2, 0) is 6.54 Å². The van der Waals surface area contributed by atoms with Crippen molar-refractivity contribution >= 4 is 57.9 Å². The van der Waals surface area contributed by atoms with Gasteiger partial charge in [0.25, 0.3) is 11.6 Å². The average Bonchev–Trinajstić information content (AvgIpc) is 3.22. The van der Waals surface area contributed by atoms with E-state index in [9.17, 15) is 14.9 Å². The van der Waals surface area contributed by atoms with Gasteiger partial charge in [0, 0.05) is 31.5 Å². The van der Waals surface area contributed by atoms with Crippen LogP contribution < -0.4 is 10.1 Å². The van der Waals surface area contributed by atoms with Crippen LogP contribution in [0.1, 0.15) is 21.7 Å². The third kappa shape index (κ3) is 7.31. The smallest absolute Gasteiger partial charge is 0.294 e. The van der Waals surface area contributed by atoms with Crippen LogP contribution in [0.2, 0.25) is 10.0 Å². The number of pyridine rings is 1. The minimum Gasteiger partial charge on any atom is -0.494 e. The van der Waals surface area contributed by atoms with Crippen molar-refractivity contribution in [3.8, 4) is 5.75 Å². The minimum absolute atomic E-state index is 0.183. The van der Waals surface area contributed by atoms with Gasteiger partial charge in [-0.2, -0.15) is 0 Å². The number of carbonyl (C=O) groups excluding carboxylic acids is 1. The van der Waals surface area contributed by atoms with Gasteiger partial charge in [0.15, 0.2) is 0 Å². The molecule has 12 heteroatoms. The molecule has 0 saturated carbocycles. The normalized spacial score (nSPS) is 11.0. The quantitative estimate of drug-likeness (QED) is 0.187. The summed E-state index contributed by atoms with van der Waals surface area (Å²) >= 11 is 14.3. The molecule has 3 rings (SSSR count). The van der Waals surface area contributed by atoms with Gasteiger partial charge >= 0.3 is 0 Å². The fourth-order valence-electron chi connectivity index (χ4n) is 2.85. The molecule has 2 aromatic heterocycles. The minimum atomic E-state index is -0.532. The van der Waals surface area contributed by atoms with E-state index in [0.29, 0.717) is 15.7 Å². The van der Waals surface area contributed by atoms with E-state index in [2.05, 4.69) is 15.2 Å². The number of carbonyl (C=O) groups is 1. The fourth-order valence-corrected chi connectivity index (χ4v) is 5.63. The van der Waals surface area contributed by atoms with E-state index in [4.69, 9.17) is 27.9 Å². The average molecular weight is 541 g/mol. The number of ether oxygens (including phenoxy) is 1. The molecule has 0 aliphatic rings. The molecule has 0 atom stereocenters. The Morgan fingerprint density at radius 1 is 1.26 bits per heavy atom. The second kappa shape index (κ2) is 12.4. The molecular formula is C22H22Cl2N4O4S2. The number of rotatable bonds is 11. The zero-order valence-corrected chi connectivity index (χ0v) is 21.6. The Kier molecular flexibility index (Phi) is 9.54. The first-order valence-electron chi connectivity index (χ1n) is 10.1. The molecule has 3 aromatic rings. The zero-order valence-electron chi connectivity index (χ0n) is 18.4. The van der Waals surface area contributed by atoms with Crippen LogP contribution in [0, 0.1) is 10.1 Å². The van der Waals surface area contributed by atoms with Gasteiger partial charge in [-0.15, -0.1) is 11.3 Å².